The summed E-state index contributed by atoms with van der Waals surface area (Å²) in [5.41, 5.74) is 2.66. The molecular weight excluding hydrogens is 394 g/mol. The van der Waals surface area contributed by atoms with E-state index in [4.69, 9.17) is 4.74 Å². The first-order chi connectivity index (χ1) is 9.02. The minimum atomic E-state index is -0.331. The molecule has 0 aliphatic rings. The third kappa shape index (κ3) is 3.24. The Morgan fingerprint density at radius 2 is 2.16 bits per heavy atom. The molecule has 0 aliphatic heterocycles. The largest absolute Gasteiger partial charge is 0.462 e. The van der Waals surface area contributed by atoms with Crippen molar-refractivity contribution in [1.29, 1.82) is 0 Å². The summed E-state index contributed by atoms with van der Waals surface area (Å²) in [4.78, 5) is 16.9. The predicted octanol–water partition coefficient (Wildman–Crippen LogP) is 4.82. The molecule has 100 valence electrons. The smallest absolute Gasteiger partial charge is 0.350 e. The van der Waals surface area contributed by atoms with E-state index < -0.39 is 0 Å². The number of thiazole rings is 1. The van der Waals surface area contributed by atoms with E-state index in [0.29, 0.717) is 21.1 Å². The van der Waals surface area contributed by atoms with Gasteiger partial charge in [-0.3, -0.25) is 0 Å². The molecule has 1 aromatic heterocycles. The van der Waals surface area contributed by atoms with Gasteiger partial charge in [0.25, 0.3) is 0 Å². The SMILES string of the molecule is CCOC(=O)c1sc(Br)nc1-c1ccc(Br)cc1C. The normalized spacial score (nSPS) is 10.5. The number of aromatic nitrogens is 1. The van der Waals surface area contributed by atoms with Crippen LogP contribution in [0.1, 0.15) is 22.2 Å². The van der Waals surface area contributed by atoms with Crippen molar-refractivity contribution in [3.05, 3.63) is 37.0 Å². The average molecular weight is 405 g/mol. The zero-order chi connectivity index (χ0) is 14.0. The van der Waals surface area contributed by atoms with Crippen LogP contribution in [0, 0.1) is 6.92 Å². The Morgan fingerprint density at radius 1 is 1.42 bits per heavy atom. The summed E-state index contributed by atoms with van der Waals surface area (Å²) in [6, 6.07) is 5.88. The molecule has 0 saturated heterocycles. The molecule has 1 aromatic carbocycles. The number of esters is 1. The highest BCUT2D eigenvalue weighted by molar-refractivity contribution is 9.11. The fraction of sp³-hybridized carbons (Fsp3) is 0.231. The van der Waals surface area contributed by atoms with Crippen molar-refractivity contribution >= 4 is 49.2 Å². The van der Waals surface area contributed by atoms with Gasteiger partial charge in [0.1, 0.15) is 4.88 Å². The number of ether oxygens (including phenoxy) is 1. The van der Waals surface area contributed by atoms with Crippen LogP contribution < -0.4 is 0 Å². The molecule has 1 heterocycles. The van der Waals surface area contributed by atoms with E-state index in [1.54, 1.807) is 6.92 Å². The van der Waals surface area contributed by atoms with E-state index in [1.165, 1.54) is 11.3 Å². The molecule has 3 nitrogen and oxygen atoms in total. The van der Waals surface area contributed by atoms with Crippen LogP contribution >= 0.6 is 43.2 Å². The van der Waals surface area contributed by atoms with Crippen LogP contribution in [0.4, 0.5) is 0 Å². The zero-order valence-corrected chi connectivity index (χ0v) is 14.4. The number of rotatable bonds is 3. The predicted molar refractivity (Wildman–Crippen MR) is 83.6 cm³/mol. The first-order valence-corrected chi connectivity index (χ1v) is 8.03. The van der Waals surface area contributed by atoms with Gasteiger partial charge in [0, 0.05) is 10.0 Å². The molecule has 0 fully saturated rings. The number of hydrogen-bond donors (Lipinski definition) is 0. The summed E-state index contributed by atoms with van der Waals surface area (Å²) in [6.45, 7) is 4.13. The fourth-order valence-corrected chi connectivity index (χ4v) is 3.54. The molecule has 0 spiro atoms. The maximum absolute atomic E-state index is 11.9. The van der Waals surface area contributed by atoms with Gasteiger partial charge in [0.05, 0.1) is 12.3 Å². The van der Waals surface area contributed by atoms with E-state index >= 15 is 0 Å². The standard InChI is InChI=1S/C13H11Br2NO2S/c1-3-18-12(17)11-10(16-13(15)19-11)9-5-4-8(14)6-7(9)2/h4-6H,3H2,1-2H3. The number of aryl methyl sites for hydroxylation is 1. The monoisotopic (exact) mass is 403 g/mol. The Hall–Kier alpha value is -0.720. The van der Waals surface area contributed by atoms with Crippen LogP contribution in [0.2, 0.25) is 0 Å². The molecule has 0 atom stereocenters. The van der Waals surface area contributed by atoms with Gasteiger partial charge < -0.3 is 4.74 Å². The maximum atomic E-state index is 11.9. The van der Waals surface area contributed by atoms with Crippen molar-refractivity contribution in [2.45, 2.75) is 13.8 Å². The molecule has 19 heavy (non-hydrogen) atoms. The van der Waals surface area contributed by atoms with Crippen molar-refractivity contribution < 1.29 is 9.53 Å². The lowest BCUT2D eigenvalue weighted by Gasteiger charge is -2.06. The molecule has 0 saturated carbocycles. The molecule has 0 bridgehead atoms. The van der Waals surface area contributed by atoms with Gasteiger partial charge in [-0.05, 0) is 47.5 Å². The Bertz CT molecular complexity index is 625. The summed E-state index contributed by atoms with van der Waals surface area (Å²) >= 11 is 8.05. The molecule has 2 rings (SSSR count). The minimum Gasteiger partial charge on any atom is -0.462 e. The molecular formula is C13H11Br2NO2S. The molecule has 2 aromatic rings. The number of halogens is 2. The first kappa shape index (κ1) is 14.7. The van der Waals surface area contributed by atoms with E-state index in [-0.39, 0.29) is 5.97 Å². The molecule has 0 amide bonds. The van der Waals surface area contributed by atoms with Crippen molar-refractivity contribution in [2.75, 3.05) is 6.61 Å². The first-order valence-electron chi connectivity index (χ1n) is 5.63. The van der Waals surface area contributed by atoms with Gasteiger partial charge >= 0.3 is 5.97 Å². The lowest BCUT2D eigenvalue weighted by Crippen LogP contribution is -2.04. The van der Waals surface area contributed by atoms with Crippen LogP contribution in [0.25, 0.3) is 11.3 Å². The topological polar surface area (TPSA) is 39.2 Å². The number of benzene rings is 1. The Balaban J connectivity index is 2.52. The van der Waals surface area contributed by atoms with Gasteiger partial charge in [-0.25, -0.2) is 9.78 Å². The second kappa shape index (κ2) is 6.15. The highest BCUT2D eigenvalue weighted by Gasteiger charge is 2.20. The molecule has 0 radical (unpaired) electrons. The third-order valence-electron chi connectivity index (χ3n) is 2.51. The van der Waals surface area contributed by atoms with Crippen molar-refractivity contribution in [2.24, 2.45) is 0 Å². The summed E-state index contributed by atoms with van der Waals surface area (Å²) in [5.74, 6) is -0.331. The number of nitrogens with zero attached hydrogens (tertiary/aromatic N) is 1. The van der Waals surface area contributed by atoms with Gasteiger partial charge in [0.15, 0.2) is 3.92 Å². The second-order valence-electron chi connectivity index (χ2n) is 3.82. The molecule has 0 unspecified atom stereocenters. The Labute approximate surface area is 132 Å². The summed E-state index contributed by atoms with van der Waals surface area (Å²) < 4.78 is 6.74. The van der Waals surface area contributed by atoms with Crippen LogP contribution in [0.5, 0.6) is 0 Å². The molecule has 0 aliphatic carbocycles. The Morgan fingerprint density at radius 3 is 2.79 bits per heavy atom. The van der Waals surface area contributed by atoms with Crippen molar-refractivity contribution in [1.82, 2.24) is 4.98 Å². The minimum absolute atomic E-state index is 0.331. The second-order valence-corrected chi connectivity index (χ2v) is 7.02. The highest BCUT2D eigenvalue weighted by atomic mass is 79.9. The average Bonchev–Trinajstić information content (AvgIpc) is 2.71. The lowest BCUT2D eigenvalue weighted by molar-refractivity contribution is 0.0532. The van der Waals surface area contributed by atoms with Gasteiger partial charge in [-0.2, -0.15) is 0 Å². The molecule has 6 heteroatoms. The maximum Gasteiger partial charge on any atom is 0.350 e. The highest BCUT2D eigenvalue weighted by Crippen LogP contribution is 2.34. The van der Waals surface area contributed by atoms with Crippen LogP contribution in [0.3, 0.4) is 0 Å². The van der Waals surface area contributed by atoms with Crippen LogP contribution in [-0.2, 0) is 4.74 Å². The summed E-state index contributed by atoms with van der Waals surface area (Å²) in [7, 11) is 0. The third-order valence-corrected chi connectivity index (χ3v) is 4.49. The number of carbonyl (C=O) groups excluding carboxylic acids is 1. The van der Waals surface area contributed by atoms with Crippen molar-refractivity contribution in [3.63, 3.8) is 0 Å². The van der Waals surface area contributed by atoms with Gasteiger partial charge in [-0.1, -0.05) is 33.3 Å². The zero-order valence-electron chi connectivity index (χ0n) is 10.4. The lowest BCUT2D eigenvalue weighted by atomic mass is 10.1. The van der Waals surface area contributed by atoms with E-state index in [1.807, 2.05) is 25.1 Å². The van der Waals surface area contributed by atoms with Crippen molar-refractivity contribution in [3.8, 4) is 11.3 Å². The molecule has 0 N–H and O–H groups in total. The van der Waals surface area contributed by atoms with Gasteiger partial charge in [0.2, 0.25) is 0 Å². The van der Waals surface area contributed by atoms with Crippen LogP contribution in [0.15, 0.2) is 26.6 Å². The summed E-state index contributed by atoms with van der Waals surface area (Å²) in [5, 5.41) is 0. The van der Waals surface area contributed by atoms with Crippen LogP contribution in [-0.4, -0.2) is 17.6 Å². The Kier molecular flexibility index (Phi) is 4.76. The fourth-order valence-electron chi connectivity index (χ4n) is 1.70. The van der Waals surface area contributed by atoms with Gasteiger partial charge in [-0.15, -0.1) is 0 Å². The number of hydrogen-bond acceptors (Lipinski definition) is 4. The van der Waals surface area contributed by atoms with E-state index in [0.717, 1.165) is 15.6 Å². The number of carbonyl (C=O) groups is 1. The summed E-state index contributed by atoms with van der Waals surface area (Å²) in [6.07, 6.45) is 0. The quantitative estimate of drug-likeness (QED) is 0.688. The van der Waals surface area contributed by atoms with E-state index in [2.05, 4.69) is 36.8 Å². The van der Waals surface area contributed by atoms with E-state index in [9.17, 15) is 4.79 Å².